The van der Waals surface area contributed by atoms with Crippen molar-refractivity contribution in [2.24, 2.45) is 0 Å². The lowest BCUT2D eigenvalue weighted by Gasteiger charge is -2.14. The summed E-state index contributed by atoms with van der Waals surface area (Å²) in [6, 6.07) is 6.62. The molecule has 0 radical (unpaired) electrons. The SMILES string of the molecule is CC(C)c1cc2cc(C(C)C)c(OCc3cscn3)cc2[nH]1. The van der Waals surface area contributed by atoms with Gasteiger partial charge in [-0.3, -0.25) is 0 Å². The van der Waals surface area contributed by atoms with Gasteiger partial charge in [-0.25, -0.2) is 4.98 Å². The summed E-state index contributed by atoms with van der Waals surface area (Å²) in [6.07, 6.45) is 0. The zero-order valence-electron chi connectivity index (χ0n) is 13.5. The van der Waals surface area contributed by atoms with Crippen molar-refractivity contribution < 1.29 is 4.74 Å². The highest BCUT2D eigenvalue weighted by atomic mass is 32.1. The minimum absolute atomic E-state index is 0.423. The number of thiazole rings is 1. The lowest BCUT2D eigenvalue weighted by molar-refractivity contribution is 0.298. The Labute approximate surface area is 135 Å². The molecule has 0 aliphatic heterocycles. The maximum atomic E-state index is 6.04. The van der Waals surface area contributed by atoms with Crippen molar-refractivity contribution >= 4 is 22.2 Å². The number of rotatable bonds is 5. The van der Waals surface area contributed by atoms with E-state index in [0.29, 0.717) is 18.4 Å². The first kappa shape index (κ1) is 15.1. The molecule has 116 valence electrons. The van der Waals surface area contributed by atoms with E-state index in [1.54, 1.807) is 11.3 Å². The average molecular weight is 314 g/mol. The number of fused-ring (bicyclic) bond motifs is 1. The van der Waals surface area contributed by atoms with E-state index in [1.165, 1.54) is 16.6 Å². The summed E-state index contributed by atoms with van der Waals surface area (Å²) in [4.78, 5) is 7.78. The summed E-state index contributed by atoms with van der Waals surface area (Å²) in [5, 5.41) is 3.28. The molecule has 0 saturated carbocycles. The van der Waals surface area contributed by atoms with Crippen LogP contribution in [-0.2, 0) is 6.61 Å². The second-order valence-corrected chi connectivity index (χ2v) is 7.00. The van der Waals surface area contributed by atoms with Crippen LogP contribution >= 0.6 is 11.3 Å². The van der Waals surface area contributed by atoms with Gasteiger partial charge in [-0.05, 0) is 29.5 Å². The molecule has 3 rings (SSSR count). The number of H-pyrrole nitrogens is 1. The molecule has 22 heavy (non-hydrogen) atoms. The molecule has 1 aromatic carbocycles. The van der Waals surface area contributed by atoms with Crippen molar-refractivity contribution in [1.29, 1.82) is 0 Å². The Bertz CT molecular complexity index is 757. The molecular weight excluding hydrogens is 292 g/mol. The highest BCUT2D eigenvalue weighted by Gasteiger charge is 2.13. The Morgan fingerprint density at radius 2 is 1.95 bits per heavy atom. The summed E-state index contributed by atoms with van der Waals surface area (Å²) in [5.41, 5.74) is 6.47. The first-order valence-electron chi connectivity index (χ1n) is 7.71. The molecule has 0 bridgehead atoms. The Morgan fingerprint density at radius 1 is 1.14 bits per heavy atom. The number of ether oxygens (including phenoxy) is 1. The topological polar surface area (TPSA) is 37.9 Å². The van der Waals surface area contributed by atoms with Gasteiger partial charge in [0.05, 0.1) is 11.2 Å². The van der Waals surface area contributed by atoms with Crippen LogP contribution in [0.25, 0.3) is 10.9 Å². The summed E-state index contributed by atoms with van der Waals surface area (Å²) < 4.78 is 6.04. The fourth-order valence-electron chi connectivity index (χ4n) is 2.55. The minimum Gasteiger partial charge on any atom is -0.487 e. The van der Waals surface area contributed by atoms with Gasteiger partial charge < -0.3 is 9.72 Å². The third-order valence-electron chi connectivity index (χ3n) is 3.88. The van der Waals surface area contributed by atoms with Gasteiger partial charge in [0.2, 0.25) is 0 Å². The third kappa shape index (κ3) is 3.02. The Kier molecular flexibility index (Phi) is 4.21. The lowest BCUT2D eigenvalue weighted by Crippen LogP contribution is -2.00. The van der Waals surface area contributed by atoms with Crippen molar-refractivity contribution in [1.82, 2.24) is 9.97 Å². The molecule has 0 saturated heterocycles. The zero-order valence-corrected chi connectivity index (χ0v) is 14.3. The number of hydrogen-bond acceptors (Lipinski definition) is 3. The monoisotopic (exact) mass is 314 g/mol. The van der Waals surface area contributed by atoms with Crippen molar-refractivity contribution in [3.63, 3.8) is 0 Å². The van der Waals surface area contributed by atoms with Gasteiger partial charge >= 0.3 is 0 Å². The molecule has 4 heteroatoms. The van der Waals surface area contributed by atoms with Gasteiger partial charge in [0, 0.05) is 28.0 Å². The Morgan fingerprint density at radius 3 is 2.59 bits per heavy atom. The van der Waals surface area contributed by atoms with Crippen LogP contribution < -0.4 is 4.74 Å². The van der Waals surface area contributed by atoms with Crippen LogP contribution in [0.3, 0.4) is 0 Å². The second kappa shape index (κ2) is 6.13. The molecule has 3 nitrogen and oxygen atoms in total. The number of nitrogens with zero attached hydrogens (tertiary/aromatic N) is 1. The lowest BCUT2D eigenvalue weighted by atomic mass is 10.00. The number of aromatic amines is 1. The van der Waals surface area contributed by atoms with E-state index in [-0.39, 0.29) is 0 Å². The second-order valence-electron chi connectivity index (χ2n) is 6.28. The van der Waals surface area contributed by atoms with Gasteiger partial charge in [0.15, 0.2) is 0 Å². The van der Waals surface area contributed by atoms with E-state index >= 15 is 0 Å². The van der Waals surface area contributed by atoms with E-state index < -0.39 is 0 Å². The molecule has 2 aromatic heterocycles. The molecule has 1 N–H and O–H groups in total. The normalized spacial score (nSPS) is 11.7. The molecule has 0 aliphatic rings. The van der Waals surface area contributed by atoms with Crippen molar-refractivity contribution in [3.8, 4) is 5.75 Å². The van der Waals surface area contributed by atoms with Gasteiger partial charge in [0.1, 0.15) is 12.4 Å². The predicted octanol–water partition coefficient (Wildman–Crippen LogP) is 5.45. The van der Waals surface area contributed by atoms with Gasteiger partial charge in [-0.15, -0.1) is 11.3 Å². The van der Waals surface area contributed by atoms with E-state index in [4.69, 9.17) is 4.74 Å². The first-order chi connectivity index (χ1) is 10.5. The van der Waals surface area contributed by atoms with Crippen LogP contribution in [0, 0.1) is 0 Å². The van der Waals surface area contributed by atoms with E-state index in [2.05, 4.69) is 55.9 Å². The van der Waals surface area contributed by atoms with Crippen LogP contribution in [0.4, 0.5) is 0 Å². The molecule has 0 unspecified atom stereocenters. The van der Waals surface area contributed by atoms with Gasteiger partial charge in [-0.1, -0.05) is 27.7 Å². The van der Waals surface area contributed by atoms with Gasteiger partial charge in [0.25, 0.3) is 0 Å². The summed E-state index contributed by atoms with van der Waals surface area (Å²) in [5.74, 6) is 1.87. The Balaban J connectivity index is 1.96. The molecule has 2 heterocycles. The fourth-order valence-corrected chi connectivity index (χ4v) is 3.09. The predicted molar refractivity (Wildman–Crippen MR) is 92.9 cm³/mol. The number of hydrogen-bond donors (Lipinski definition) is 1. The summed E-state index contributed by atoms with van der Waals surface area (Å²) >= 11 is 1.60. The van der Waals surface area contributed by atoms with Gasteiger partial charge in [-0.2, -0.15) is 0 Å². The van der Waals surface area contributed by atoms with Crippen molar-refractivity contribution in [2.45, 2.75) is 46.1 Å². The molecule has 0 amide bonds. The highest BCUT2D eigenvalue weighted by molar-refractivity contribution is 7.07. The molecule has 0 atom stereocenters. The van der Waals surface area contributed by atoms with Crippen LogP contribution in [0.15, 0.2) is 29.1 Å². The first-order valence-corrected chi connectivity index (χ1v) is 8.65. The number of aromatic nitrogens is 2. The standard InChI is InChI=1S/C18H22N2OS/c1-11(2)15-5-13-6-16(12(3)4)20-17(13)7-18(15)21-8-14-9-22-10-19-14/h5-7,9-12,20H,8H2,1-4H3. The van der Waals surface area contributed by atoms with E-state index in [9.17, 15) is 0 Å². The zero-order chi connectivity index (χ0) is 15.7. The molecule has 0 fully saturated rings. The molecular formula is C18H22N2OS. The molecule has 3 aromatic rings. The smallest absolute Gasteiger partial charge is 0.131 e. The van der Waals surface area contributed by atoms with Crippen LogP contribution in [0.2, 0.25) is 0 Å². The maximum absolute atomic E-state index is 6.04. The van der Waals surface area contributed by atoms with Crippen LogP contribution in [0.1, 0.15) is 56.5 Å². The van der Waals surface area contributed by atoms with E-state index in [0.717, 1.165) is 17.0 Å². The number of benzene rings is 1. The minimum atomic E-state index is 0.423. The Hall–Kier alpha value is -1.81. The fraction of sp³-hybridized carbons (Fsp3) is 0.389. The van der Waals surface area contributed by atoms with Crippen molar-refractivity contribution in [2.75, 3.05) is 0 Å². The number of nitrogens with one attached hydrogen (secondary N) is 1. The van der Waals surface area contributed by atoms with E-state index in [1.807, 2.05) is 10.9 Å². The summed E-state index contributed by atoms with van der Waals surface area (Å²) in [7, 11) is 0. The highest BCUT2D eigenvalue weighted by Crippen LogP contribution is 2.33. The third-order valence-corrected chi connectivity index (χ3v) is 4.51. The average Bonchev–Trinajstić information content (AvgIpc) is 3.12. The van der Waals surface area contributed by atoms with Crippen LogP contribution in [0.5, 0.6) is 5.75 Å². The quantitative estimate of drug-likeness (QED) is 0.680. The molecule has 0 spiro atoms. The van der Waals surface area contributed by atoms with Crippen molar-refractivity contribution in [3.05, 3.63) is 46.0 Å². The largest absolute Gasteiger partial charge is 0.487 e. The maximum Gasteiger partial charge on any atom is 0.131 e. The summed E-state index contributed by atoms with van der Waals surface area (Å²) in [6.45, 7) is 9.33. The van der Waals surface area contributed by atoms with Crippen LogP contribution in [-0.4, -0.2) is 9.97 Å². The molecule has 0 aliphatic carbocycles.